The Balaban J connectivity index is 2.44. The van der Waals surface area contributed by atoms with E-state index in [0.717, 1.165) is 0 Å². The molecular weight excluding hydrogens is 287 g/mol. The lowest BCUT2D eigenvalue weighted by Crippen LogP contribution is -2.55. The van der Waals surface area contributed by atoms with Gasteiger partial charge in [-0.15, -0.1) is 0 Å². The highest BCUT2D eigenvalue weighted by Gasteiger charge is 2.37. The standard InChI is InChI=1S/C12H16F3N5O/c1-3-7-10(21)17-4-5-20(7)9-6-8(16-2)18-11(19-9)12(13,14)15/h6-7H,3-5H2,1-2H3,(H,17,21)(H,16,18,19). The molecule has 1 saturated heterocycles. The first-order chi connectivity index (χ1) is 9.86. The molecule has 21 heavy (non-hydrogen) atoms. The molecule has 0 spiro atoms. The molecule has 1 unspecified atom stereocenters. The van der Waals surface area contributed by atoms with Crippen LogP contribution in [0.25, 0.3) is 0 Å². The number of alkyl halides is 3. The molecule has 0 bridgehead atoms. The number of hydrogen-bond donors (Lipinski definition) is 2. The average Bonchev–Trinajstić information content (AvgIpc) is 2.45. The summed E-state index contributed by atoms with van der Waals surface area (Å²) in [6.45, 7) is 2.57. The van der Waals surface area contributed by atoms with E-state index in [1.807, 2.05) is 0 Å². The summed E-state index contributed by atoms with van der Waals surface area (Å²) in [5.41, 5.74) is 0. The van der Waals surface area contributed by atoms with Gasteiger partial charge in [-0.05, 0) is 6.42 Å². The molecule has 116 valence electrons. The fourth-order valence-electron chi connectivity index (χ4n) is 2.23. The summed E-state index contributed by atoms with van der Waals surface area (Å²) in [6.07, 6.45) is -4.16. The minimum absolute atomic E-state index is 0.0631. The third-order valence-electron chi connectivity index (χ3n) is 3.23. The highest BCUT2D eigenvalue weighted by Crippen LogP contribution is 2.30. The Morgan fingerprint density at radius 3 is 2.76 bits per heavy atom. The van der Waals surface area contributed by atoms with Gasteiger partial charge in [-0.1, -0.05) is 6.92 Å². The Kier molecular flexibility index (Phi) is 4.19. The summed E-state index contributed by atoms with van der Waals surface area (Å²) in [6, 6.07) is 0.885. The minimum atomic E-state index is -4.64. The van der Waals surface area contributed by atoms with Gasteiger partial charge in [0.2, 0.25) is 11.7 Å². The van der Waals surface area contributed by atoms with Crippen molar-refractivity contribution in [2.45, 2.75) is 25.6 Å². The molecule has 0 aliphatic carbocycles. The predicted molar refractivity (Wildman–Crippen MR) is 71.0 cm³/mol. The van der Waals surface area contributed by atoms with Gasteiger partial charge in [-0.3, -0.25) is 4.79 Å². The van der Waals surface area contributed by atoms with Crippen LogP contribution in [-0.2, 0) is 11.0 Å². The molecule has 1 amide bonds. The van der Waals surface area contributed by atoms with Gasteiger partial charge in [0.1, 0.15) is 17.7 Å². The number of nitrogens with one attached hydrogen (secondary N) is 2. The second-order valence-corrected chi connectivity index (χ2v) is 4.59. The average molecular weight is 303 g/mol. The van der Waals surface area contributed by atoms with Crippen molar-refractivity contribution in [2.75, 3.05) is 30.4 Å². The van der Waals surface area contributed by atoms with Crippen LogP contribution in [0.1, 0.15) is 19.2 Å². The van der Waals surface area contributed by atoms with Crippen molar-refractivity contribution in [1.29, 1.82) is 0 Å². The lowest BCUT2D eigenvalue weighted by molar-refractivity contribution is -0.144. The van der Waals surface area contributed by atoms with E-state index in [4.69, 9.17) is 0 Å². The minimum Gasteiger partial charge on any atom is -0.373 e. The molecule has 9 heteroatoms. The monoisotopic (exact) mass is 303 g/mol. The van der Waals surface area contributed by atoms with Crippen LogP contribution in [0.15, 0.2) is 6.07 Å². The van der Waals surface area contributed by atoms with E-state index in [1.54, 1.807) is 11.8 Å². The number of aromatic nitrogens is 2. The van der Waals surface area contributed by atoms with Crippen LogP contribution in [-0.4, -0.2) is 42.1 Å². The van der Waals surface area contributed by atoms with Crippen molar-refractivity contribution in [2.24, 2.45) is 0 Å². The Labute approximate surface area is 119 Å². The van der Waals surface area contributed by atoms with Crippen LogP contribution >= 0.6 is 0 Å². The van der Waals surface area contributed by atoms with E-state index in [2.05, 4.69) is 20.6 Å². The summed E-state index contributed by atoms with van der Waals surface area (Å²) >= 11 is 0. The number of carbonyl (C=O) groups is 1. The van der Waals surface area contributed by atoms with Crippen LogP contribution in [0.5, 0.6) is 0 Å². The van der Waals surface area contributed by atoms with E-state index in [0.29, 0.717) is 19.5 Å². The van der Waals surface area contributed by atoms with Crippen LogP contribution in [0.3, 0.4) is 0 Å². The van der Waals surface area contributed by atoms with Crippen molar-refractivity contribution in [1.82, 2.24) is 15.3 Å². The first-order valence-corrected chi connectivity index (χ1v) is 6.55. The lowest BCUT2D eigenvalue weighted by atomic mass is 10.1. The molecule has 1 fully saturated rings. The van der Waals surface area contributed by atoms with Crippen LogP contribution < -0.4 is 15.5 Å². The van der Waals surface area contributed by atoms with Gasteiger partial charge in [0.15, 0.2) is 0 Å². The number of halogens is 3. The fourth-order valence-corrected chi connectivity index (χ4v) is 2.23. The predicted octanol–water partition coefficient (Wildman–Crippen LogP) is 1.25. The van der Waals surface area contributed by atoms with Gasteiger partial charge >= 0.3 is 6.18 Å². The largest absolute Gasteiger partial charge is 0.451 e. The topological polar surface area (TPSA) is 70.2 Å². The zero-order valence-electron chi connectivity index (χ0n) is 11.7. The second-order valence-electron chi connectivity index (χ2n) is 4.59. The maximum absolute atomic E-state index is 12.9. The van der Waals surface area contributed by atoms with Gasteiger partial charge in [0.05, 0.1) is 0 Å². The number of piperazine rings is 1. The van der Waals surface area contributed by atoms with E-state index >= 15 is 0 Å². The summed E-state index contributed by atoms with van der Waals surface area (Å²) < 4.78 is 38.6. The Bertz CT molecular complexity index is 534. The molecule has 2 rings (SSSR count). The van der Waals surface area contributed by atoms with Crippen molar-refractivity contribution in [3.05, 3.63) is 11.9 Å². The highest BCUT2D eigenvalue weighted by atomic mass is 19.4. The summed E-state index contributed by atoms with van der Waals surface area (Å²) in [7, 11) is 1.48. The molecule has 1 aliphatic rings. The zero-order valence-corrected chi connectivity index (χ0v) is 11.7. The first-order valence-electron chi connectivity index (χ1n) is 6.55. The molecule has 2 N–H and O–H groups in total. The number of amides is 1. The quantitative estimate of drug-likeness (QED) is 0.879. The molecule has 1 aliphatic heterocycles. The Morgan fingerprint density at radius 2 is 2.19 bits per heavy atom. The summed E-state index contributed by atoms with van der Waals surface area (Å²) in [4.78, 5) is 20.4. The molecule has 1 aromatic rings. The molecule has 1 atom stereocenters. The van der Waals surface area contributed by atoms with Crippen LogP contribution in [0, 0.1) is 0 Å². The summed E-state index contributed by atoms with van der Waals surface area (Å²) in [5, 5.41) is 5.28. The fraction of sp³-hybridized carbons (Fsp3) is 0.583. The highest BCUT2D eigenvalue weighted by molar-refractivity contribution is 5.86. The number of carbonyl (C=O) groups excluding carboxylic acids is 1. The van der Waals surface area contributed by atoms with Crippen molar-refractivity contribution >= 4 is 17.5 Å². The van der Waals surface area contributed by atoms with Gasteiger partial charge in [-0.2, -0.15) is 13.2 Å². The first kappa shape index (κ1) is 15.3. The van der Waals surface area contributed by atoms with E-state index < -0.39 is 18.0 Å². The molecular formula is C12H16F3N5O. The van der Waals surface area contributed by atoms with Crippen LogP contribution in [0.4, 0.5) is 24.8 Å². The summed E-state index contributed by atoms with van der Waals surface area (Å²) in [5.74, 6) is -1.26. The number of anilines is 2. The third kappa shape index (κ3) is 3.17. The molecule has 0 saturated carbocycles. The molecule has 6 nitrogen and oxygen atoms in total. The van der Waals surface area contributed by atoms with Crippen LogP contribution in [0.2, 0.25) is 0 Å². The molecule has 0 radical (unpaired) electrons. The van der Waals surface area contributed by atoms with E-state index in [9.17, 15) is 18.0 Å². The maximum Gasteiger partial charge on any atom is 0.451 e. The number of hydrogen-bond acceptors (Lipinski definition) is 5. The van der Waals surface area contributed by atoms with Gasteiger partial charge in [0, 0.05) is 26.2 Å². The smallest absolute Gasteiger partial charge is 0.373 e. The molecule has 1 aromatic heterocycles. The molecule has 2 heterocycles. The van der Waals surface area contributed by atoms with Gasteiger partial charge in [-0.25, -0.2) is 9.97 Å². The second kappa shape index (κ2) is 5.74. The van der Waals surface area contributed by atoms with Crippen molar-refractivity contribution in [3.63, 3.8) is 0 Å². The molecule has 0 aromatic carbocycles. The van der Waals surface area contributed by atoms with E-state index in [-0.39, 0.29) is 17.5 Å². The Morgan fingerprint density at radius 1 is 1.48 bits per heavy atom. The Hall–Kier alpha value is -2.06. The number of rotatable bonds is 3. The lowest BCUT2D eigenvalue weighted by Gasteiger charge is -2.35. The van der Waals surface area contributed by atoms with Crippen molar-refractivity contribution < 1.29 is 18.0 Å². The number of nitrogens with zero attached hydrogens (tertiary/aromatic N) is 3. The zero-order chi connectivity index (χ0) is 15.6. The van der Waals surface area contributed by atoms with Crippen molar-refractivity contribution in [3.8, 4) is 0 Å². The normalized spacial score (nSPS) is 19.4. The third-order valence-corrected chi connectivity index (χ3v) is 3.23. The van der Waals surface area contributed by atoms with Gasteiger partial charge in [0.25, 0.3) is 0 Å². The van der Waals surface area contributed by atoms with Gasteiger partial charge < -0.3 is 15.5 Å². The van der Waals surface area contributed by atoms with E-state index in [1.165, 1.54) is 13.1 Å². The maximum atomic E-state index is 12.9. The SMILES string of the molecule is CCC1C(=O)NCCN1c1cc(NC)nc(C(F)(F)F)n1.